The fraction of sp³-hybridized carbons (Fsp3) is 0.458. The lowest BCUT2D eigenvalue weighted by Crippen LogP contribution is -2.44. The summed E-state index contributed by atoms with van der Waals surface area (Å²) in [7, 11) is 0. The number of rotatable bonds is 11. The summed E-state index contributed by atoms with van der Waals surface area (Å²) in [5.74, 6) is 1.68. The fourth-order valence-corrected chi connectivity index (χ4v) is 3.35. The Labute approximate surface area is 179 Å². The molecular formula is C24H33N3O3. The van der Waals surface area contributed by atoms with Crippen molar-refractivity contribution in [2.45, 2.75) is 32.3 Å². The van der Waals surface area contributed by atoms with E-state index >= 15 is 0 Å². The number of urea groups is 1. The molecule has 0 radical (unpaired) electrons. The number of benzene rings is 2. The second kappa shape index (κ2) is 12.8. The Bertz CT molecular complexity index is 731. The first kappa shape index (κ1) is 22.0. The van der Waals surface area contributed by atoms with Crippen LogP contribution in [-0.2, 0) is 6.61 Å². The van der Waals surface area contributed by atoms with E-state index < -0.39 is 0 Å². The zero-order valence-electron chi connectivity index (χ0n) is 17.6. The molecule has 0 bridgehead atoms. The van der Waals surface area contributed by atoms with Crippen molar-refractivity contribution in [2.75, 3.05) is 39.3 Å². The van der Waals surface area contributed by atoms with Crippen LogP contribution < -0.4 is 20.1 Å². The van der Waals surface area contributed by atoms with Crippen LogP contribution in [0.2, 0.25) is 0 Å². The molecule has 1 fully saturated rings. The van der Waals surface area contributed by atoms with E-state index in [-0.39, 0.29) is 6.03 Å². The molecule has 162 valence electrons. The van der Waals surface area contributed by atoms with Crippen molar-refractivity contribution in [3.63, 3.8) is 0 Å². The molecule has 2 aromatic rings. The number of carbonyl (C=O) groups is 1. The number of ether oxygens (including phenoxy) is 2. The summed E-state index contributed by atoms with van der Waals surface area (Å²) in [6.45, 7) is 5.27. The summed E-state index contributed by atoms with van der Waals surface area (Å²) in [4.78, 5) is 13.9. The van der Waals surface area contributed by atoms with Gasteiger partial charge in [0.2, 0.25) is 0 Å². The first-order chi connectivity index (χ1) is 14.8. The number of hydrogen-bond acceptors (Lipinski definition) is 4. The second-order valence-electron chi connectivity index (χ2n) is 7.48. The Balaban J connectivity index is 1.20. The number of carbonyl (C=O) groups excluding carboxylic acids is 1. The van der Waals surface area contributed by atoms with Crippen molar-refractivity contribution in [1.82, 2.24) is 15.5 Å². The van der Waals surface area contributed by atoms with Crippen LogP contribution in [0.4, 0.5) is 4.79 Å². The fourth-order valence-electron chi connectivity index (χ4n) is 3.35. The first-order valence-corrected chi connectivity index (χ1v) is 10.9. The van der Waals surface area contributed by atoms with Gasteiger partial charge in [-0.1, -0.05) is 30.3 Å². The maximum atomic E-state index is 12.0. The summed E-state index contributed by atoms with van der Waals surface area (Å²) < 4.78 is 11.6. The Kier molecular flexibility index (Phi) is 9.34. The Morgan fingerprint density at radius 3 is 2.27 bits per heavy atom. The van der Waals surface area contributed by atoms with Gasteiger partial charge in [0.25, 0.3) is 0 Å². The van der Waals surface area contributed by atoms with E-state index in [1.807, 2.05) is 59.5 Å². The van der Waals surface area contributed by atoms with E-state index in [0.29, 0.717) is 19.8 Å². The number of piperidine rings is 1. The van der Waals surface area contributed by atoms with Crippen molar-refractivity contribution in [1.29, 1.82) is 0 Å². The molecule has 1 aliphatic rings. The average molecular weight is 412 g/mol. The number of hydrogen-bond donors (Lipinski definition) is 2. The molecule has 6 heteroatoms. The quantitative estimate of drug-likeness (QED) is 0.552. The van der Waals surface area contributed by atoms with Gasteiger partial charge in [0.1, 0.15) is 18.1 Å². The number of nitrogens with zero attached hydrogens (tertiary/aromatic N) is 1. The van der Waals surface area contributed by atoms with E-state index in [1.165, 1.54) is 6.42 Å². The smallest absolute Gasteiger partial charge is 0.317 e. The van der Waals surface area contributed by atoms with Gasteiger partial charge in [-0.3, -0.25) is 0 Å². The van der Waals surface area contributed by atoms with Gasteiger partial charge in [0.15, 0.2) is 0 Å². The van der Waals surface area contributed by atoms with Gasteiger partial charge in [-0.25, -0.2) is 4.79 Å². The molecule has 1 aliphatic heterocycles. The molecule has 2 aromatic carbocycles. The van der Waals surface area contributed by atoms with E-state index in [4.69, 9.17) is 9.47 Å². The third-order valence-corrected chi connectivity index (χ3v) is 5.06. The van der Waals surface area contributed by atoms with Crippen LogP contribution >= 0.6 is 0 Å². The molecular weight excluding hydrogens is 378 g/mol. The third kappa shape index (κ3) is 7.95. The van der Waals surface area contributed by atoms with E-state index in [1.54, 1.807) is 0 Å². The predicted octanol–water partition coefficient (Wildman–Crippen LogP) is 3.82. The molecule has 0 atom stereocenters. The minimum Gasteiger partial charge on any atom is -0.494 e. The van der Waals surface area contributed by atoms with E-state index in [0.717, 1.165) is 62.5 Å². The number of likely N-dealkylation sites (tertiary alicyclic amines) is 1. The zero-order valence-corrected chi connectivity index (χ0v) is 17.6. The summed E-state index contributed by atoms with van der Waals surface area (Å²) in [5.41, 5.74) is 1.15. The number of amides is 2. The van der Waals surface area contributed by atoms with Crippen LogP contribution in [0.15, 0.2) is 54.6 Å². The minimum atomic E-state index is 0.0658. The molecule has 0 aliphatic carbocycles. The Morgan fingerprint density at radius 2 is 1.53 bits per heavy atom. The predicted molar refractivity (Wildman–Crippen MR) is 119 cm³/mol. The van der Waals surface area contributed by atoms with Gasteiger partial charge in [-0.15, -0.1) is 0 Å². The van der Waals surface area contributed by atoms with Gasteiger partial charge in [0, 0.05) is 26.2 Å². The average Bonchev–Trinajstić information content (AvgIpc) is 2.81. The van der Waals surface area contributed by atoms with E-state index in [2.05, 4.69) is 10.6 Å². The third-order valence-electron chi connectivity index (χ3n) is 5.06. The van der Waals surface area contributed by atoms with Gasteiger partial charge in [-0.2, -0.15) is 0 Å². The highest BCUT2D eigenvalue weighted by atomic mass is 16.5. The van der Waals surface area contributed by atoms with Crippen LogP contribution in [-0.4, -0.2) is 50.3 Å². The van der Waals surface area contributed by atoms with Gasteiger partial charge in [-0.05, 0) is 62.1 Å². The molecule has 1 saturated heterocycles. The molecule has 1 heterocycles. The van der Waals surface area contributed by atoms with Crippen LogP contribution in [0.25, 0.3) is 0 Å². The second-order valence-corrected chi connectivity index (χ2v) is 7.48. The summed E-state index contributed by atoms with van der Waals surface area (Å²) in [6, 6.07) is 17.9. The maximum absolute atomic E-state index is 12.0. The molecule has 2 N–H and O–H groups in total. The normalized spacial score (nSPS) is 13.7. The Hall–Kier alpha value is -2.73. The van der Waals surface area contributed by atoms with Crippen LogP contribution in [0.5, 0.6) is 11.5 Å². The number of nitrogens with one attached hydrogen (secondary N) is 2. The molecule has 0 aromatic heterocycles. The van der Waals surface area contributed by atoms with Gasteiger partial charge >= 0.3 is 6.03 Å². The summed E-state index contributed by atoms with van der Waals surface area (Å²) in [6.07, 6.45) is 4.39. The largest absolute Gasteiger partial charge is 0.494 e. The van der Waals surface area contributed by atoms with Crippen LogP contribution in [0, 0.1) is 0 Å². The summed E-state index contributed by atoms with van der Waals surface area (Å²) in [5, 5.41) is 6.31. The van der Waals surface area contributed by atoms with Crippen molar-refractivity contribution in [3.05, 3.63) is 60.2 Å². The first-order valence-electron chi connectivity index (χ1n) is 10.9. The molecule has 30 heavy (non-hydrogen) atoms. The zero-order chi connectivity index (χ0) is 20.9. The standard InChI is InChI=1S/C24H33N3O3/c28-24(27-17-5-2-6-18-27)26-16-15-25-14-7-19-29-22-10-12-23(13-11-22)30-20-21-8-3-1-4-9-21/h1,3-4,8-13,25H,2,5-7,14-20H2,(H,26,28). The highest BCUT2D eigenvalue weighted by Crippen LogP contribution is 2.18. The molecule has 3 rings (SSSR count). The molecule has 2 amide bonds. The molecule has 0 saturated carbocycles. The van der Waals surface area contributed by atoms with Crippen molar-refractivity contribution in [3.8, 4) is 11.5 Å². The molecule has 0 unspecified atom stereocenters. The molecule has 0 spiro atoms. The molecule has 6 nitrogen and oxygen atoms in total. The Morgan fingerprint density at radius 1 is 0.833 bits per heavy atom. The lowest BCUT2D eigenvalue weighted by Gasteiger charge is -2.26. The highest BCUT2D eigenvalue weighted by molar-refractivity contribution is 5.74. The van der Waals surface area contributed by atoms with Crippen LogP contribution in [0.3, 0.4) is 0 Å². The summed E-state index contributed by atoms with van der Waals surface area (Å²) >= 11 is 0. The minimum absolute atomic E-state index is 0.0658. The monoisotopic (exact) mass is 411 g/mol. The topological polar surface area (TPSA) is 62.8 Å². The lowest BCUT2D eigenvalue weighted by atomic mass is 10.1. The SMILES string of the molecule is O=C(NCCNCCCOc1ccc(OCc2ccccc2)cc1)N1CCCCC1. The van der Waals surface area contributed by atoms with E-state index in [9.17, 15) is 4.79 Å². The van der Waals surface area contributed by atoms with Crippen molar-refractivity contribution < 1.29 is 14.3 Å². The van der Waals surface area contributed by atoms with Gasteiger partial charge < -0.3 is 25.0 Å². The maximum Gasteiger partial charge on any atom is 0.317 e. The van der Waals surface area contributed by atoms with Gasteiger partial charge in [0.05, 0.1) is 6.61 Å². The highest BCUT2D eigenvalue weighted by Gasteiger charge is 2.15. The lowest BCUT2D eigenvalue weighted by molar-refractivity contribution is 0.186. The van der Waals surface area contributed by atoms with Crippen LogP contribution in [0.1, 0.15) is 31.2 Å². The van der Waals surface area contributed by atoms with Crippen molar-refractivity contribution in [2.24, 2.45) is 0 Å². The van der Waals surface area contributed by atoms with Crippen molar-refractivity contribution >= 4 is 6.03 Å².